The number of tetrazole rings is 1. The van der Waals surface area contributed by atoms with E-state index in [-0.39, 0.29) is 17.1 Å². The second-order valence-corrected chi connectivity index (χ2v) is 8.75. The Morgan fingerprint density at radius 1 is 1.10 bits per heavy atom. The van der Waals surface area contributed by atoms with Crippen molar-refractivity contribution in [3.63, 3.8) is 0 Å². The van der Waals surface area contributed by atoms with Crippen molar-refractivity contribution in [2.24, 2.45) is 0 Å². The van der Waals surface area contributed by atoms with Crippen LogP contribution in [0.1, 0.15) is 49.3 Å². The highest BCUT2D eigenvalue weighted by molar-refractivity contribution is 5.81. The molecule has 0 unspecified atom stereocenters. The van der Waals surface area contributed by atoms with Crippen molar-refractivity contribution in [2.45, 2.75) is 46.2 Å². The quantitative estimate of drug-likeness (QED) is 0.731. The molecule has 1 N–H and O–H groups in total. The average Bonchev–Trinajstić information content (AvgIpc) is 3.15. The second kappa shape index (κ2) is 7.35. The number of aromatic nitrogens is 5. The van der Waals surface area contributed by atoms with Gasteiger partial charge in [0.2, 0.25) is 0 Å². The molecule has 3 aromatic rings. The fraction of sp³-hybridized carbons (Fsp3) is 0.524. The van der Waals surface area contributed by atoms with E-state index in [1.807, 2.05) is 16.8 Å². The summed E-state index contributed by atoms with van der Waals surface area (Å²) in [7, 11) is 0. The van der Waals surface area contributed by atoms with Crippen LogP contribution >= 0.6 is 0 Å². The molecule has 154 valence electrons. The number of fused-ring (bicyclic) bond motifs is 1. The highest BCUT2D eigenvalue weighted by Gasteiger charge is 2.34. The van der Waals surface area contributed by atoms with Gasteiger partial charge in [-0.15, -0.1) is 5.10 Å². The van der Waals surface area contributed by atoms with E-state index in [0.717, 1.165) is 16.5 Å². The van der Waals surface area contributed by atoms with Gasteiger partial charge in [0.1, 0.15) is 6.04 Å². The van der Waals surface area contributed by atoms with Gasteiger partial charge in [-0.2, -0.15) is 0 Å². The molecule has 0 amide bonds. The Bertz CT molecular complexity index is 1090. The number of hydrogen-bond acceptors (Lipinski definition) is 6. The minimum absolute atomic E-state index is 0.110. The average molecular weight is 396 g/mol. The standard InChI is InChI=1S/C21H28N6O2/c1-13-10-15-12-16(20(28)22-17(15)11-14(13)2)18(26-6-8-29-9-7-26)19-23-24-25-27(19)21(3,4)5/h10-12,18H,6-9H2,1-5H3,(H,22,28)/t18-/m1/s1. The summed E-state index contributed by atoms with van der Waals surface area (Å²) in [5.41, 5.74) is 3.43. The molecule has 1 aliphatic rings. The van der Waals surface area contributed by atoms with Crippen LogP contribution in [0.3, 0.4) is 0 Å². The van der Waals surface area contributed by atoms with E-state index in [9.17, 15) is 4.79 Å². The lowest BCUT2D eigenvalue weighted by atomic mass is 9.99. The molecule has 0 aliphatic carbocycles. The molecule has 8 nitrogen and oxygen atoms in total. The van der Waals surface area contributed by atoms with Gasteiger partial charge in [0.15, 0.2) is 5.82 Å². The molecule has 0 saturated carbocycles. The molecule has 8 heteroatoms. The summed E-state index contributed by atoms with van der Waals surface area (Å²) in [6.45, 7) is 13.0. The summed E-state index contributed by atoms with van der Waals surface area (Å²) >= 11 is 0. The van der Waals surface area contributed by atoms with Gasteiger partial charge >= 0.3 is 0 Å². The Balaban J connectivity index is 1.92. The van der Waals surface area contributed by atoms with E-state index in [4.69, 9.17) is 4.74 Å². The van der Waals surface area contributed by atoms with E-state index in [0.29, 0.717) is 37.7 Å². The third-order valence-corrected chi connectivity index (χ3v) is 5.57. The number of ether oxygens (including phenoxy) is 1. The van der Waals surface area contributed by atoms with Crippen LogP contribution < -0.4 is 5.56 Å². The predicted molar refractivity (Wildman–Crippen MR) is 111 cm³/mol. The molecule has 1 atom stereocenters. The number of pyridine rings is 1. The lowest BCUT2D eigenvalue weighted by Gasteiger charge is -2.34. The number of nitrogens with one attached hydrogen (secondary N) is 1. The maximum absolute atomic E-state index is 13.2. The first-order valence-electron chi connectivity index (χ1n) is 10.0. The number of aromatic amines is 1. The predicted octanol–water partition coefficient (Wildman–Crippen LogP) is 2.31. The van der Waals surface area contributed by atoms with E-state index in [2.05, 4.69) is 66.1 Å². The lowest BCUT2D eigenvalue weighted by Crippen LogP contribution is -2.43. The van der Waals surface area contributed by atoms with Crippen LogP contribution in [0.4, 0.5) is 0 Å². The Labute approximate surface area is 169 Å². The molecule has 2 aromatic heterocycles. The monoisotopic (exact) mass is 396 g/mol. The summed E-state index contributed by atoms with van der Waals surface area (Å²) < 4.78 is 7.36. The third kappa shape index (κ3) is 3.70. The van der Waals surface area contributed by atoms with Gasteiger partial charge in [0.25, 0.3) is 5.56 Å². The first kappa shape index (κ1) is 19.7. The van der Waals surface area contributed by atoms with Gasteiger partial charge < -0.3 is 9.72 Å². The van der Waals surface area contributed by atoms with Crippen LogP contribution in [0.2, 0.25) is 0 Å². The third-order valence-electron chi connectivity index (χ3n) is 5.57. The maximum Gasteiger partial charge on any atom is 0.253 e. The molecule has 1 aliphatic heterocycles. The first-order valence-corrected chi connectivity index (χ1v) is 10.0. The number of benzene rings is 1. The smallest absolute Gasteiger partial charge is 0.253 e. The van der Waals surface area contributed by atoms with E-state index in [1.54, 1.807) is 0 Å². The fourth-order valence-corrected chi connectivity index (χ4v) is 3.87. The summed E-state index contributed by atoms with van der Waals surface area (Å²) in [4.78, 5) is 18.5. The Kier molecular flexibility index (Phi) is 5.00. The van der Waals surface area contributed by atoms with Crippen molar-refractivity contribution >= 4 is 10.9 Å². The highest BCUT2D eigenvalue weighted by atomic mass is 16.5. The highest BCUT2D eigenvalue weighted by Crippen LogP contribution is 2.30. The summed E-state index contributed by atoms with van der Waals surface area (Å²) in [5.74, 6) is 0.674. The molecular formula is C21H28N6O2. The van der Waals surface area contributed by atoms with Crippen LogP contribution in [0.5, 0.6) is 0 Å². The minimum atomic E-state index is -0.345. The Morgan fingerprint density at radius 2 is 1.79 bits per heavy atom. The van der Waals surface area contributed by atoms with Crippen molar-refractivity contribution in [1.29, 1.82) is 0 Å². The molecule has 29 heavy (non-hydrogen) atoms. The molecule has 1 aromatic carbocycles. The summed E-state index contributed by atoms with van der Waals surface area (Å²) in [6.07, 6.45) is 0. The van der Waals surface area contributed by atoms with Crippen molar-refractivity contribution in [3.05, 3.63) is 51.1 Å². The molecule has 1 saturated heterocycles. The normalized spacial score (nSPS) is 17.0. The van der Waals surface area contributed by atoms with Gasteiger partial charge in [0, 0.05) is 24.2 Å². The number of nitrogens with zero attached hydrogens (tertiary/aromatic N) is 5. The van der Waals surface area contributed by atoms with Gasteiger partial charge in [-0.3, -0.25) is 9.69 Å². The second-order valence-electron chi connectivity index (χ2n) is 8.75. The van der Waals surface area contributed by atoms with Gasteiger partial charge in [-0.05, 0) is 79.8 Å². The zero-order valence-electron chi connectivity index (χ0n) is 17.7. The number of H-pyrrole nitrogens is 1. The maximum atomic E-state index is 13.2. The summed E-state index contributed by atoms with van der Waals surface area (Å²) in [6, 6.07) is 5.79. The Morgan fingerprint density at radius 3 is 2.48 bits per heavy atom. The zero-order valence-corrected chi connectivity index (χ0v) is 17.7. The van der Waals surface area contributed by atoms with Crippen molar-refractivity contribution in [1.82, 2.24) is 30.1 Å². The summed E-state index contributed by atoms with van der Waals surface area (Å²) in [5, 5.41) is 13.5. The van der Waals surface area contributed by atoms with Crippen LogP contribution in [0.15, 0.2) is 23.0 Å². The molecule has 4 rings (SSSR count). The van der Waals surface area contributed by atoms with Gasteiger partial charge in [0.05, 0.1) is 18.8 Å². The number of rotatable bonds is 3. The fourth-order valence-electron chi connectivity index (χ4n) is 3.87. The van der Waals surface area contributed by atoms with E-state index in [1.165, 1.54) is 5.56 Å². The number of hydrogen-bond donors (Lipinski definition) is 1. The molecule has 1 fully saturated rings. The first-order chi connectivity index (χ1) is 13.8. The van der Waals surface area contributed by atoms with Crippen molar-refractivity contribution < 1.29 is 4.74 Å². The molecule has 0 spiro atoms. The molecule has 3 heterocycles. The van der Waals surface area contributed by atoms with Crippen molar-refractivity contribution in [3.8, 4) is 0 Å². The van der Waals surface area contributed by atoms with E-state index >= 15 is 0 Å². The van der Waals surface area contributed by atoms with Crippen LogP contribution in [0, 0.1) is 13.8 Å². The molecule has 0 bridgehead atoms. The van der Waals surface area contributed by atoms with Gasteiger partial charge in [-0.25, -0.2) is 4.68 Å². The number of morpholine rings is 1. The minimum Gasteiger partial charge on any atom is -0.379 e. The lowest BCUT2D eigenvalue weighted by molar-refractivity contribution is 0.0206. The largest absolute Gasteiger partial charge is 0.379 e. The number of aryl methyl sites for hydroxylation is 2. The van der Waals surface area contributed by atoms with Crippen LogP contribution in [0.25, 0.3) is 10.9 Å². The molecular weight excluding hydrogens is 368 g/mol. The van der Waals surface area contributed by atoms with Crippen LogP contribution in [-0.2, 0) is 10.3 Å². The topological polar surface area (TPSA) is 88.9 Å². The SMILES string of the molecule is Cc1cc2cc([C@H](c3nnnn3C(C)(C)C)N3CCOCC3)c(=O)[nH]c2cc1C. The Hall–Kier alpha value is -2.58. The van der Waals surface area contributed by atoms with Gasteiger partial charge in [-0.1, -0.05) is 0 Å². The van der Waals surface area contributed by atoms with Crippen LogP contribution in [-0.4, -0.2) is 56.4 Å². The van der Waals surface area contributed by atoms with Crippen molar-refractivity contribution in [2.75, 3.05) is 26.3 Å². The van der Waals surface area contributed by atoms with E-state index < -0.39 is 0 Å². The zero-order chi connectivity index (χ0) is 20.8. The molecule has 0 radical (unpaired) electrons.